The van der Waals surface area contributed by atoms with Gasteiger partial charge in [0.2, 0.25) is 0 Å². The first kappa shape index (κ1) is 14.9. The monoisotopic (exact) mass is 361 g/mol. The summed E-state index contributed by atoms with van der Waals surface area (Å²) in [5, 5.41) is 5.43. The van der Waals surface area contributed by atoms with E-state index in [1.165, 1.54) is 0 Å². The van der Waals surface area contributed by atoms with Crippen LogP contribution in [0.1, 0.15) is 30.6 Å². The van der Waals surface area contributed by atoms with Crippen molar-refractivity contribution in [2.75, 3.05) is 0 Å². The predicted molar refractivity (Wildman–Crippen MR) is 82.7 cm³/mol. The van der Waals surface area contributed by atoms with Crippen LogP contribution >= 0.6 is 39.1 Å². The SMILES string of the molecule is CCCn1ncc(Cl)c1C(N)c1ccc(Br)cc1Cl. The van der Waals surface area contributed by atoms with E-state index in [1.807, 2.05) is 22.9 Å². The number of aromatic nitrogens is 2. The zero-order valence-corrected chi connectivity index (χ0v) is 13.5. The van der Waals surface area contributed by atoms with E-state index in [0.29, 0.717) is 10.0 Å². The number of halogens is 3. The number of benzene rings is 1. The third-order valence-corrected chi connectivity index (χ3v) is 3.97. The Hall–Kier alpha value is -0.550. The summed E-state index contributed by atoms with van der Waals surface area (Å²) in [6.45, 7) is 2.86. The zero-order valence-electron chi connectivity index (χ0n) is 10.4. The Morgan fingerprint density at radius 2 is 2.11 bits per heavy atom. The lowest BCUT2D eigenvalue weighted by Gasteiger charge is -2.16. The van der Waals surface area contributed by atoms with Crippen molar-refractivity contribution in [3.63, 3.8) is 0 Å². The molecule has 1 atom stereocenters. The minimum Gasteiger partial charge on any atom is -0.319 e. The second kappa shape index (κ2) is 6.27. The topological polar surface area (TPSA) is 43.8 Å². The van der Waals surface area contributed by atoms with Gasteiger partial charge in [-0.25, -0.2) is 0 Å². The Labute approximate surface area is 130 Å². The standard InChI is InChI=1S/C13H14BrCl2N3/c1-2-5-19-13(11(16)7-18-19)12(17)9-4-3-8(14)6-10(9)15/h3-4,6-7,12H,2,5,17H2,1H3. The van der Waals surface area contributed by atoms with Crippen molar-refractivity contribution in [3.8, 4) is 0 Å². The van der Waals surface area contributed by atoms with E-state index >= 15 is 0 Å². The van der Waals surface area contributed by atoms with Gasteiger partial charge in [-0.2, -0.15) is 5.10 Å². The van der Waals surface area contributed by atoms with Gasteiger partial charge in [-0.05, 0) is 24.1 Å². The Kier molecular flexibility index (Phi) is 4.90. The van der Waals surface area contributed by atoms with E-state index in [2.05, 4.69) is 28.0 Å². The smallest absolute Gasteiger partial charge is 0.0837 e. The maximum Gasteiger partial charge on any atom is 0.0837 e. The minimum atomic E-state index is -0.387. The van der Waals surface area contributed by atoms with E-state index in [0.717, 1.165) is 28.7 Å². The maximum absolute atomic E-state index is 6.30. The van der Waals surface area contributed by atoms with Crippen LogP contribution in [0.15, 0.2) is 28.9 Å². The van der Waals surface area contributed by atoms with Crippen LogP contribution in [0.25, 0.3) is 0 Å². The molecular weight excluding hydrogens is 349 g/mol. The van der Waals surface area contributed by atoms with Gasteiger partial charge in [0.1, 0.15) is 0 Å². The summed E-state index contributed by atoms with van der Waals surface area (Å²) in [5.74, 6) is 0. The molecule has 0 fully saturated rings. The van der Waals surface area contributed by atoms with Gasteiger partial charge in [-0.3, -0.25) is 4.68 Å². The molecule has 0 aliphatic carbocycles. The summed E-state index contributed by atoms with van der Waals surface area (Å²) < 4.78 is 2.76. The van der Waals surface area contributed by atoms with Gasteiger partial charge in [0.25, 0.3) is 0 Å². The fraction of sp³-hybridized carbons (Fsp3) is 0.308. The van der Waals surface area contributed by atoms with Crippen molar-refractivity contribution in [2.24, 2.45) is 5.73 Å². The number of nitrogens with two attached hydrogens (primary N) is 1. The van der Waals surface area contributed by atoms with Crippen molar-refractivity contribution in [2.45, 2.75) is 25.9 Å². The summed E-state index contributed by atoms with van der Waals surface area (Å²) in [6.07, 6.45) is 2.59. The molecule has 2 N–H and O–H groups in total. The van der Waals surface area contributed by atoms with Crippen LogP contribution in [0.3, 0.4) is 0 Å². The number of hydrogen-bond acceptors (Lipinski definition) is 2. The highest BCUT2D eigenvalue weighted by molar-refractivity contribution is 9.10. The van der Waals surface area contributed by atoms with Gasteiger partial charge in [0.15, 0.2) is 0 Å². The molecule has 0 radical (unpaired) electrons. The molecule has 1 unspecified atom stereocenters. The average molecular weight is 363 g/mol. The third kappa shape index (κ3) is 3.14. The summed E-state index contributed by atoms with van der Waals surface area (Å²) in [4.78, 5) is 0. The van der Waals surface area contributed by atoms with Crippen molar-refractivity contribution in [3.05, 3.63) is 50.2 Å². The van der Waals surface area contributed by atoms with E-state index in [9.17, 15) is 0 Å². The van der Waals surface area contributed by atoms with Gasteiger partial charge in [0.05, 0.1) is 23.0 Å². The molecule has 1 heterocycles. The van der Waals surface area contributed by atoms with Crippen LogP contribution < -0.4 is 5.73 Å². The highest BCUT2D eigenvalue weighted by Gasteiger charge is 2.20. The number of nitrogens with zero attached hydrogens (tertiary/aromatic N) is 2. The predicted octanol–water partition coefficient (Wildman–Crippen LogP) is 4.41. The molecule has 6 heteroatoms. The molecule has 0 spiro atoms. The van der Waals surface area contributed by atoms with Crippen LogP contribution in [-0.2, 0) is 6.54 Å². The lowest BCUT2D eigenvalue weighted by Crippen LogP contribution is -2.18. The van der Waals surface area contributed by atoms with E-state index in [1.54, 1.807) is 6.20 Å². The molecule has 19 heavy (non-hydrogen) atoms. The molecule has 3 nitrogen and oxygen atoms in total. The Bertz CT molecular complexity index is 583. The van der Waals surface area contributed by atoms with Crippen LogP contribution in [-0.4, -0.2) is 9.78 Å². The van der Waals surface area contributed by atoms with Crippen LogP contribution in [0.2, 0.25) is 10.0 Å². The molecule has 0 amide bonds. The average Bonchev–Trinajstić information content (AvgIpc) is 2.70. The van der Waals surface area contributed by atoms with Crippen LogP contribution in [0.4, 0.5) is 0 Å². The minimum absolute atomic E-state index is 0.387. The first-order chi connectivity index (χ1) is 9.04. The highest BCUT2D eigenvalue weighted by Crippen LogP contribution is 2.32. The second-order valence-corrected chi connectivity index (χ2v) is 5.97. The largest absolute Gasteiger partial charge is 0.319 e. The summed E-state index contributed by atoms with van der Waals surface area (Å²) in [6, 6.07) is 5.25. The van der Waals surface area contributed by atoms with Crippen molar-refractivity contribution < 1.29 is 0 Å². The number of rotatable bonds is 4. The first-order valence-electron chi connectivity index (χ1n) is 5.96. The second-order valence-electron chi connectivity index (χ2n) is 4.24. The Morgan fingerprint density at radius 1 is 1.37 bits per heavy atom. The van der Waals surface area contributed by atoms with Gasteiger partial charge >= 0.3 is 0 Å². The normalized spacial score (nSPS) is 12.7. The highest BCUT2D eigenvalue weighted by atomic mass is 79.9. The molecule has 0 aliphatic heterocycles. The molecule has 0 aliphatic rings. The van der Waals surface area contributed by atoms with Crippen LogP contribution in [0, 0.1) is 0 Å². The first-order valence-corrected chi connectivity index (χ1v) is 7.51. The van der Waals surface area contributed by atoms with Gasteiger partial charge < -0.3 is 5.73 Å². The lowest BCUT2D eigenvalue weighted by molar-refractivity contribution is 0.560. The quantitative estimate of drug-likeness (QED) is 0.875. The van der Waals surface area contributed by atoms with Gasteiger partial charge in [-0.1, -0.05) is 52.1 Å². The Morgan fingerprint density at radius 3 is 2.74 bits per heavy atom. The molecule has 0 saturated carbocycles. The molecule has 1 aromatic heterocycles. The van der Waals surface area contributed by atoms with Crippen molar-refractivity contribution in [1.29, 1.82) is 0 Å². The van der Waals surface area contributed by atoms with Crippen molar-refractivity contribution >= 4 is 39.1 Å². The lowest BCUT2D eigenvalue weighted by atomic mass is 10.0. The fourth-order valence-electron chi connectivity index (χ4n) is 1.97. The van der Waals surface area contributed by atoms with Crippen molar-refractivity contribution in [1.82, 2.24) is 9.78 Å². The van der Waals surface area contributed by atoms with E-state index in [4.69, 9.17) is 28.9 Å². The molecule has 0 saturated heterocycles. The molecule has 2 aromatic rings. The Balaban J connectivity index is 2.43. The maximum atomic E-state index is 6.30. The molecule has 2 rings (SSSR count). The zero-order chi connectivity index (χ0) is 14.0. The summed E-state index contributed by atoms with van der Waals surface area (Å²) >= 11 is 15.8. The summed E-state index contributed by atoms with van der Waals surface area (Å²) in [5.41, 5.74) is 7.93. The van der Waals surface area contributed by atoms with E-state index < -0.39 is 0 Å². The molecule has 0 bridgehead atoms. The molecule has 1 aromatic carbocycles. The van der Waals surface area contributed by atoms with E-state index in [-0.39, 0.29) is 6.04 Å². The number of hydrogen-bond donors (Lipinski definition) is 1. The molecular formula is C13H14BrCl2N3. The van der Waals surface area contributed by atoms with Gasteiger partial charge in [-0.15, -0.1) is 0 Å². The third-order valence-electron chi connectivity index (χ3n) is 2.86. The fourth-order valence-corrected chi connectivity index (χ4v) is 3.02. The van der Waals surface area contributed by atoms with Gasteiger partial charge in [0, 0.05) is 16.0 Å². The van der Waals surface area contributed by atoms with Crippen LogP contribution in [0.5, 0.6) is 0 Å². The summed E-state index contributed by atoms with van der Waals surface area (Å²) in [7, 11) is 0. The number of aryl methyl sites for hydroxylation is 1. The molecule has 102 valence electrons.